The van der Waals surface area contributed by atoms with Crippen LogP contribution < -0.4 is 10.1 Å². The van der Waals surface area contributed by atoms with E-state index in [2.05, 4.69) is 36.5 Å². The third-order valence-electron chi connectivity index (χ3n) is 3.90. The normalized spacial score (nSPS) is 25.7. The summed E-state index contributed by atoms with van der Waals surface area (Å²) in [6, 6.07) is 8.59. The van der Waals surface area contributed by atoms with Crippen molar-refractivity contribution in [2.24, 2.45) is 5.41 Å². The summed E-state index contributed by atoms with van der Waals surface area (Å²) >= 11 is 0. The number of benzene rings is 1. The third-order valence-corrected chi connectivity index (χ3v) is 3.90. The van der Waals surface area contributed by atoms with Gasteiger partial charge in [-0.05, 0) is 36.6 Å². The molecule has 1 atom stereocenters. The largest absolute Gasteiger partial charge is 0.493 e. The van der Waals surface area contributed by atoms with Crippen LogP contribution in [0.5, 0.6) is 5.75 Å². The first-order valence-corrected chi connectivity index (χ1v) is 6.76. The molecule has 1 N–H and O–H groups in total. The van der Waals surface area contributed by atoms with Crippen LogP contribution in [0.2, 0.25) is 0 Å². The minimum absolute atomic E-state index is 0.216. The van der Waals surface area contributed by atoms with Gasteiger partial charge in [-0.15, -0.1) is 0 Å². The summed E-state index contributed by atoms with van der Waals surface area (Å²) in [7, 11) is 0. The Morgan fingerprint density at radius 2 is 2.11 bits per heavy atom. The van der Waals surface area contributed by atoms with E-state index in [1.165, 1.54) is 12.0 Å². The van der Waals surface area contributed by atoms with Crippen LogP contribution in [0.3, 0.4) is 0 Å². The Labute approximate surface area is 108 Å². The van der Waals surface area contributed by atoms with E-state index in [0.717, 1.165) is 38.7 Å². The SMILES string of the molecule is CC1(COc2ccc(C3CCNC3)cc2)COC1. The molecule has 2 heterocycles. The van der Waals surface area contributed by atoms with E-state index >= 15 is 0 Å². The van der Waals surface area contributed by atoms with Crippen molar-refractivity contribution in [2.45, 2.75) is 19.3 Å². The van der Waals surface area contributed by atoms with Gasteiger partial charge in [0, 0.05) is 12.0 Å². The number of ether oxygens (including phenoxy) is 2. The second-order valence-electron chi connectivity index (χ2n) is 5.85. The molecule has 2 aliphatic rings. The molecule has 1 unspecified atom stereocenters. The Balaban J connectivity index is 1.57. The molecule has 3 nitrogen and oxygen atoms in total. The number of hydrogen-bond donors (Lipinski definition) is 1. The molecule has 0 aromatic heterocycles. The molecule has 1 aromatic rings. The van der Waals surface area contributed by atoms with Crippen LogP contribution in [0.15, 0.2) is 24.3 Å². The highest BCUT2D eigenvalue weighted by Crippen LogP contribution is 2.28. The summed E-state index contributed by atoms with van der Waals surface area (Å²) in [5.74, 6) is 1.65. The first-order valence-electron chi connectivity index (χ1n) is 6.76. The van der Waals surface area contributed by atoms with E-state index in [1.807, 2.05) is 0 Å². The predicted octanol–water partition coefficient (Wildman–Crippen LogP) is 2.18. The Morgan fingerprint density at radius 3 is 2.67 bits per heavy atom. The average Bonchev–Trinajstić information content (AvgIpc) is 2.88. The van der Waals surface area contributed by atoms with Crippen LogP contribution in [-0.4, -0.2) is 32.9 Å². The van der Waals surface area contributed by atoms with E-state index in [-0.39, 0.29) is 5.41 Å². The maximum absolute atomic E-state index is 5.83. The van der Waals surface area contributed by atoms with Crippen LogP contribution in [0.4, 0.5) is 0 Å². The molecular weight excluding hydrogens is 226 g/mol. The summed E-state index contributed by atoms with van der Waals surface area (Å²) in [6.45, 7) is 6.83. The molecule has 98 valence electrons. The van der Waals surface area contributed by atoms with Crippen LogP contribution in [0, 0.1) is 5.41 Å². The molecule has 3 rings (SSSR count). The lowest BCUT2D eigenvalue weighted by Gasteiger charge is -2.37. The Bertz CT molecular complexity index is 391. The molecule has 0 spiro atoms. The van der Waals surface area contributed by atoms with Gasteiger partial charge in [0.15, 0.2) is 0 Å². The Morgan fingerprint density at radius 1 is 1.33 bits per heavy atom. The van der Waals surface area contributed by atoms with E-state index < -0.39 is 0 Å². The summed E-state index contributed by atoms with van der Waals surface area (Å²) in [5.41, 5.74) is 1.64. The molecule has 18 heavy (non-hydrogen) atoms. The highest BCUT2D eigenvalue weighted by molar-refractivity contribution is 5.30. The zero-order chi connectivity index (χ0) is 12.4. The molecule has 1 aromatic carbocycles. The van der Waals surface area contributed by atoms with Crippen molar-refractivity contribution >= 4 is 0 Å². The minimum atomic E-state index is 0.216. The zero-order valence-corrected chi connectivity index (χ0v) is 10.9. The first-order chi connectivity index (χ1) is 8.75. The van der Waals surface area contributed by atoms with Gasteiger partial charge >= 0.3 is 0 Å². The smallest absolute Gasteiger partial charge is 0.119 e. The highest BCUT2D eigenvalue weighted by atomic mass is 16.5. The van der Waals surface area contributed by atoms with Crippen molar-refractivity contribution in [2.75, 3.05) is 32.9 Å². The van der Waals surface area contributed by atoms with Crippen molar-refractivity contribution < 1.29 is 9.47 Å². The quantitative estimate of drug-likeness (QED) is 0.884. The zero-order valence-electron chi connectivity index (χ0n) is 10.9. The maximum atomic E-state index is 5.83. The van der Waals surface area contributed by atoms with Gasteiger partial charge < -0.3 is 14.8 Å². The Kier molecular flexibility index (Phi) is 3.27. The number of nitrogens with one attached hydrogen (secondary N) is 1. The van der Waals surface area contributed by atoms with Crippen molar-refractivity contribution in [1.82, 2.24) is 5.32 Å². The van der Waals surface area contributed by atoms with Gasteiger partial charge in [-0.25, -0.2) is 0 Å². The molecular formula is C15H21NO2. The summed E-state index contributed by atoms with van der Waals surface area (Å²) in [4.78, 5) is 0. The molecule has 0 saturated carbocycles. The topological polar surface area (TPSA) is 30.5 Å². The summed E-state index contributed by atoms with van der Waals surface area (Å²) in [5, 5.41) is 3.40. The number of rotatable bonds is 4. The predicted molar refractivity (Wildman–Crippen MR) is 71.1 cm³/mol. The van der Waals surface area contributed by atoms with Gasteiger partial charge in [-0.1, -0.05) is 19.1 Å². The molecule has 0 radical (unpaired) electrons. The third kappa shape index (κ3) is 2.52. The molecule has 2 fully saturated rings. The highest BCUT2D eigenvalue weighted by Gasteiger charge is 2.34. The van der Waals surface area contributed by atoms with Gasteiger partial charge in [-0.3, -0.25) is 0 Å². The second-order valence-corrected chi connectivity index (χ2v) is 5.85. The van der Waals surface area contributed by atoms with Crippen LogP contribution in [-0.2, 0) is 4.74 Å². The fourth-order valence-corrected chi connectivity index (χ4v) is 2.57. The first kappa shape index (κ1) is 12.0. The fourth-order valence-electron chi connectivity index (χ4n) is 2.57. The standard InChI is InChI=1S/C15H21NO2/c1-15(9-17-10-15)11-18-14-4-2-12(3-5-14)13-6-7-16-8-13/h2-5,13,16H,6-11H2,1H3. The molecule has 2 aliphatic heterocycles. The molecule has 0 amide bonds. The van der Waals surface area contributed by atoms with Crippen LogP contribution >= 0.6 is 0 Å². The van der Waals surface area contributed by atoms with E-state index in [9.17, 15) is 0 Å². The fraction of sp³-hybridized carbons (Fsp3) is 0.600. The Hall–Kier alpha value is -1.06. The van der Waals surface area contributed by atoms with Crippen molar-refractivity contribution in [3.8, 4) is 5.75 Å². The van der Waals surface area contributed by atoms with Gasteiger partial charge in [0.1, 0.15) is 5.75 Å². The lowest BCUT2D eigenvalue weighted by atomic mass is 9.90. The second kappa shape index (κ2) is 4.90. The molecule has 2 saturated heterocycles. The van der Waals surface area contributed by atoms with Gasteiger partial charge in [0.05, 0.1) is 19.8 Å². The van der Waals surface area contributed by atoms with Gasteiger partial charge in [0.2, 0.25) is 0 Å². The average molecular weight is 247 g/mol. The van der Waals surface area contributed by atoms with E-state index in [4.69, 9.17) is 9.47 Å². The van der Waals surface area contributed by atoms with Crippen molar-refractivity contribution in [1.29, 1.82) is 0 Å². The summed E-state index contributed by atoms with van der Waals surface area (Å²) in [6.07, 6.45) is 1.25. The maximum Gasteiger partial charge on any atom is 0.119 e. The van der Waals surface area contributed by atoms with Crippen LogP contribution in [0.25, 0.3) is 0 Å². The molecule has 0 bridgehead atoms. The monoisotopic (exact) mass is 247 g/mol. The van der Waals surface area contributed by atoms with Gasteiger partial charge in [-0.2, -0.15) is 0 Å². The van der Waals surface area contributed by atoms with Crippen LogP contribution in [0.1, 0.15) is 24.8 Å². The lowest BCUT2D eigenvalue weighted by molar-refractivity contribution is -0.120. The molecule has 3 heteroatoms. The summed E-state index contributed by atoms with van der Waals surface area (Å²) < 4.78 is 11.1. The minimum Gasteiger partial charge on any atom is -0.493 e. The van der Waals surface area contributed by atoms with Crippen molar-refractivity contribution in [3.63, 3.8) is 0 Å². The van der Waals surface area contributed by atoms with E-state index in [0.29, 0.717) is 5.92 Å². The van der Waals surface area contributed by atoms with Crippen molar-refractivity contribution in [3.05, 3.63) is 29.8 Å². The lowest BCUT2D eigenvalue weighted by Crippen LogP contribution is -2.44. The number of hydrogen-bond acceptors (Lipinski definition) is 3. The van der Waals surface area contributed by atoms with Gasteiger partial charge in [0.25, 0.3) is 0 Å². The van der Waals surface area contributed by atoms with E-state index in [1.54, 1.807) is 0 Å². The molecule has 0 aliphatic carbocycles.